The summed E-state index contributed by atoms with van der Waals surface area (Å²) in [6.45, 7) is 3.97. The highest BCUT2D eigenvalue weighted by Crippen LogP contribution is 2.20. The predicted molar refractivity (Wildman–Crippen MR) is 71.3 cm³/mol. The molecule has 0 amide bonds. The fraction of sp³-hybridized carbons (Fsp3) is 0.571. The normalized spacial score (nSPS) is 16.4. The van der Waals surface area contributed by atoms with Crippen LogP contribution >= 0.6 is 0 Å². The molecule has 0 saturated carbocycles. The molecule has 0 radical (unpaired) electrons. The van der Waals surface area contributed by atoms with Gasteiger partial charge in [-0.1, -0.05) is 19.8 Å². The number of nitrogens with zero attached hydrogens (tertiary/aromatic N) is 2. The van der Waals surface area contributed by atoms with Crippen molar-refractivity contribution in [3.63, 3.8) is 0 Å². The summed E-state index contributed by atoms with van der Waals surface area (Å²) in [6, 6.07) is 3.37. The minimum atomic E-state index is -0.872. The van der Waals surface area contributed by atoms with Gasteiger partial charge in [-0.3, -0.25) is 0 Å². The Bertz CT molecular complexity index is 424. The summed E-state index contributed by atoms with van der Waals surface area (Å²) >= 11 is 0. The van der Waals surface area contributed by atoms with Crippen LogP contribution in [0.2, 0.25) is 0 Å². The van der Waals surface area contributed by atoms with Crippen molar-refractivity contribution >= 4 is 11.8 Å². The Kier molecular flexibility index (Phi) is 4.18. The van der Waals surface area contributed by atoms with Gasteiger partial charge in [0.2, 0.25) is 0 Å². The lowest BCUT2D eigenvalue weighted by Crippen LogP contribution is -2.25. The van der Waals surface area contributed by atoms with Crippen molar-refractivity contribution in [1.82, 2.24) is 4.98 Å². The molecule has 0 atom stereocenters. The molecular formula is C14H20N2O2. The second-order valence-electron chi connectivity index (χ2n) is 4.77. The molecule has 2 heterocycles. The Hall–Kier alpha value is -1.58. The number of carbonyl (C=O) groups is 1. The average Bonchev–Trinajstić information content (AvgIpc) is 2.67. The molecule has 1 fully saturated rings. The van der Waals surface area contributed by atoms with E-state index in [0.717, 1.165) is 31.0 Å². The predicted octanol–water partition coefficient (Wildman–Crippen LogP) is 2.72. The van der Waals surface area contributed by atoms with E-state index in [4.69, 9.17) is 5.11 Å². The number of carboxylic acids is 1. The van der Waals surface area contributed by atoms with Gasteiger partial charge in [-0.2, -0.15) is 0 Å². The molecule has 4 nitrogen and oxygen atoms in total. The molecule has 1 N–H and O–H groups in total. The maximum absolute atomic E-state index is 11.1. The van der Waals surface area contributed by atoms with Gasteiger partial charge < -0.3 is 10.0 Å². The first-order chi connectivity index (χ1) is 8.70. The highest BCUT2D eigenvalue weighted by molar-refractivity contribution is 5.88. The van der Waals surface area contributed by atoms with Crippen molar-refractivity contribution in [2.45, 2.75) is 39.0 Å². The number of rotatable bonds is 3. The molecule has 2 rings (SSSR count). The van der Waals surface area contributed by atoms with Crippen molar-refractivity contribution in [1.29, 1.82) is 0 Å². The molecule has 0 spiro atoms. The average molecular weight is 248 g/mol. The van der Waals surface area contributed by atoms with Gasteiger partial charge in [-0.15, -0.1) is 0 Å². The lowest BCUT2D eigenvalue weighted by atomic mass is 10.2. The molecule has 0 aliphatic carbocycles. The van der Waals surface area contributed by atoms with Gasteiger partial charge in [0, 0.05) is 18.8 Å². The number of aromatic nitrogens is 1. The van der Waals surface area contributed by atoms with E-state index in [9.17, 15) is 4.79 Å². The number of carboxylic acid groups (broad SMARTS) is 1. The summed E-state index contributed by atoms with van der Waals surface area (Å²) in [5.41, 5.74) is 1.20. The fourth-order valence-electron chi connectivity index (χ4n) is 2.34. The lowest BCUT2D eigenvalue weighted by Gasteiger charge is -2.22. The molecule has 0 aromatic carbocycles. The summed E-state index contributed by atoms with van der Waals surface area (Å²) in [4.78, 5) is 17.9. The molecular weight excluding hydrogens is 228 g/mol. The van der Waals surface area contributed by atoms with Gasteiger partial charge in [-0.25, -0.2) is 9.78 Å². The van der Waals surface area contributed by atoms with Crippen molar-refractivity contribution < 1.29 is 9.90 Å². The second-order valence-corrected chi connectivity index (χ2v) is 4.77. The summed E-state index contributed by atoms with van der Waals surface area (Å²) < 4.78 is 0. The largest absolute Gasteiger partial charge is 0.478 e. The Morgan fingerprint density at radius 2 is 1.94 bits per heavy atom. The SMILES string of the molecule is CCc1cc(C(=O)O)cc(N2CCCCCC2)n1. The third-order valence-electron chi connectivity index (χ3n) is 3.40. The molecule has 1 aliphatic heterocycles. The van der Waals surface area contributed by atoms with Gasteiger partial charge >= 0.3 is 5.97 Å². The topological polar surface area (TPSA) is 53.4 Å². The maximum atomic E-state index is 11.1. The summed E-state index contributed by atoms with van der Waals surface area (Å²) in [7, 11) is 0. The molecule has 18 heavy (non-hydrogen) atoms. The summed E-state index contributed by atoms with van der Waals surface area (Å²) in [6.07, 6.45) is 5.62. The second kappa shape index (κ2) is 5.85. The van der Waals surface area contributed by atoms with Crippen LogP contribution in [-0.2, 0) is 6.42 Å². The Balaban J connectivity index is 2.29. The van der Waals surface area contributed by atoms with Crippen LogP contribution in [0.1, 0.15) is 48.7 Å². The molecule has 0 bridgehead atoms. The minimum absolute atomic E-state index is 0.348. The molecule has 1 aromatic rings. The van der Waals surface area contributed by atoms with Gasteiger partial charge in [-0.05, 0) is 31.4 Å². The van der Waals surface area contributed by atoms with Crippen LogP contribution < -0.4 is 4.90 Å². The van der Waals surface area contributed by atoms with Crippen molar-refractivity contribution in [3.8, 4) is 0 Å². The minimum Gasteiger partial charge on any atom is -0.478 e. The van der Waals surface area contributed by atoms with E-state index in [-0.39, 0.29) is 0 Å². The van der Waals surface area contributed by atoms with Crippen molar-refractivity contribution in [3.05, 3.63) is 23.4 Å². The zero-order valence-corrected chi connectivity index (χ0v) is 10.9. The Labute approximate surface area is 108 Å². The van der Waals surface area contributed by atoms with E-state index in [2.05, 4.69) is 9.88 Å². The van der Waals surface area contributed by atoms with Crippen LogP contribution in [0.4, 0.5) is 5.82 Å². The molecule has 1 aliphatic rings. The van der Waals surface area contributed by atoms with E-state index < -0.39 is 5.97 Å². The Morgan fingerprint density at radius 1 is 1.28 bits per heavy atom. The quantitative estimate of drug-likeness (QED) is 0.893. The number of pyridine rings is 1. The van der Waals surface area contributed by atoms with Crippen molar-refractivity contribution in [2.75, 3.05) is 18.0 Å². The van der Waals surface area contributed by atoms with Gasteiger partial charge in [0.05, 0.1) is 5.56 Å². The third kappa shape index (κ3) is 3.00. The molecule has 4 heteroatoms. The first kappa shape index (κ1) is 12.9. The Morgan fingerprint density at radius 3 is 2.50 bits per heavy atom. The zero-order valence-electron chi connectivity index (χ0n) is 10.9. The van der Waals surface area contributed by atoms with E-state index >= 15 is 0 Å². The smallest absolute Gasteiger partial charge is 0.335 e. The molecule has 1 saturated heterocycles. The van der Waals surface area contributed by atoms with E-state index in [0.29, 0.717) is 5.56 Å². The van der Waals surface area contributed by atoms with E-state index in [1.807, 2.05) is 6.92 Å². The standard InChI is InChI=1S/C14H20N2O2/c1-2-12-9-11(14(17)18)10-13(15-12)16-7-5-3-4-6-8-16/h9-10H,2-8H2,1H3,(H,17,18). The van der Waals surface area contributed by atoms with Crippen LogP contribution in [0.15, 0.2) is 12.1 Å². The maximum Gasteiger partial charge on any atom is 0.335 e. The van der Waals surface area contributed by atoms with Crippen LogP contribution in [0.3, 0.4) is 0 Å². The molecule has 98 valence electrons. The van der Waals surface area contributed by atoms with Crippen LogP contribution in [0.25, 0.3) is 0 Å². The van der Waals surface area contributed by atoms with Gasteiger partial charge in [0.1, 0.15) is 5.82 Å². The van der Waals surface area contributed by atoms with Gasteiger partial charge in [0.25, 0.3) is 0 Å². The van der Waals surface area contributed by atoms with Gasteiger partial charge in [0.15, 0.2) is 0 Å². The first-order valence-electron chi connectivity index (χ1n) is 6.70. The highest BCUT2D eigenvalue weighted by Gasteiger charge is 2.14. The summed E-state index contributed by atoms with van der Waals surface area (Å²) in [5, 5.41) is 9.14. The zero-order chi connectivity index (χ0) is 13.0. The number of aryl methyl sites for hydroxylation is 1. The third-order valence-corrected chi connectivity index (χ3v) is 3.40. The van der Waals surface area contributed by atoms with Crippen LogP contribution in [0, 0.1) is 0 Å². The number of anilines is 1. The van der Waals surface area contributed by atoms with Crippen LogP contribution in [-0.4, -0.2) is 29.1 Å². The van der Waals surface area contributed by atoms with E-state index in [1.165, 1.54) is 25.7 Å². The number of aromatic carboxylic acids is 1. The molecule has 0 unspecified atom stereocenters. The first-order valence-corrected chi connectivity index (χ1v) is 6.70. The number of hydrogen-bond donors (Lipinski definition) is 1. The number of hydrogen-bond acceptors (Lipinski definition) is 3. The van der Waals surface area contributed by atoms with Crippen molar-refractivity contribution in [2.24, 2.45) is 0 Å². The molecule has 1 aromatic heterocycles. The fourth-order valence-corrected chi connectivity index (χ4v) is 2.34. The van der Waals surface area contributed by atoms with Crippen LogP contribution in [0.5, 0.6) is 0 Å². The van der Waals surface area contributed by atoms with E-state index in [1.54, 1.807) is 12.1 Å². The lowest BCUT2D eigenvalue weighted by molar-refractivity contribution is 0.0696. The monoisotopic (exact) mass is 248 g/mol. The highest BCUT2D eigenvalue weighted by atomic mass is 16.4. The summed E-state index contributed by atoms with van der Waals surface area (Å²) in [5.74, 6) is -0.0446.